The second-order valence-electron chi connectivity index (χ2n) is 1.80. The molecule has 1 aliphatic heterocycles. The smallest absolute Gasteiger partial charge is 0.212 e. The summed E-state index contributed by atoms with van der Waals surface area (Å²) in [5.74, 6) is 0.771. The van der Waals surface area contributed by atoms with E-state index < -0.39 is 0 Å². The predicted octanol–water partition coefficient (Wildman–Crippen LogP) is 1.93. The minimum atomic E-state index is 0.121. The van der Waals surface area contributed by atoms with E-state index in [1.807, 2.05) is 24.3 Å². The molecular formula is C8H8OS. The summed E-state index contributed by atoms with van der Waals surface area (Å²) < 4.78 is 0. The number of carbonyl (C=O) groups is 1. The molecule has 0 amide bonds. The maximum atomic E-state index is 10.8. The van der Waals surface area contributed by atoms with Crippen LogP contribution in [0.4, 0.5) is 0 Å². The molecule has 0 unspecified atom stereocenters. The third-order valence-electron chi connectivity index (χ3n) is 1.02. The van der Waals surface area contributed by atoms with Crippen molar-refractivity contribution in [3.8, 4) is 0 Å². The van der Waals surface area contributed by atoms with Gasteiger partial charge in [0.2, 0.25) is 5.12 Å². The molecule has 0 aromatic carbocycles. The predicted molar refractivity (Wildman–Crippen MR) is 44.9 cm³/mol. The van der Waals surface area contributed by atoms with Crippen LogP contribution in [0.25, 0.3) is 0 Å². The molecule has 0 spiro atoms. The Kier molecular flexibility index (Phi) is 3.03. The standard InChI is InChI=1S/C8H8OS/c9-8-6-4-2-1-3-5-7-10-8/h1-6H,7H2. The van der Waals surface area contributed by atoms with Crippen molar-refractivity contribution in [2.75, 3.05) is 5.75 Å². The Morgan fingerprint density at radius 1 is 1.20 bits per heavy atom. The molecule has 1 heterocycles. The lowest BCUT2D eigenvalue weighted by Gasteiger charge is -1.86. The molecule has 1 aliphatic rings. The highest BCUT2D eigenvalue weighted by Gasteiger charge is 1.93. The molecule has 1 rings (SSSR count). The molecule has 0 bridgehead atoms. The van der Waals surface area contributed by atoms with E-state index in [1.54, 1.807) is 12.2 Å². The molecule has 0 aliphatic carbocycles. The average molecular weight is 152 g/mol. The fourth-order valence-electron chi connectivity index (χ4n) is 0.575. The molecule has 0 saturated carbocycles. The van der Waals surface area contributed by atoms with Crippen LogP contribution in [0.3, 0.4) is 0 Å². The van der Waals surface area contributed by atoms with Crippen molar-refractivity contribution in [2.24, 2.45) is 0 Å². The number of carbonyl (C=O) groups excluding carboxylic acids is 1. The van der Waals surface area contributed by atoms with E-state index in [0.717, 1.165) is 5.75 Å². The fraction of sp³-hybridized carbons (Fsp3) is 0.125. The topological polar surface area (TPSA) is 17.1 Å². The molecule has 10 heavy (non-hydrogen) atoms. The SMILES string of the molecule is O=C1C=CC=CC=CCS1. The summed E-state index contributed by atoms with van der Waals surface area (Å²) in [6.45, 7) is 0. The van der Waals surface area contributed by atoms with Gasteiger partial charge in [-0.05, 0) is 6.08 Å². The van der Waals surface area contributed by atoms with Crippen LogP contribution in [-0.2, 0) is 4.79 Å². The third kappa shape index (κ3) is 2.69. The van der Waals surface area contributed by atoms with Crippen LogP contribution >= 0.6 is 11.8 Å². The van der Waals surface area contributed by atoms with Crippen LogP contribution in [0.2, 0.25) is 0 Å². The molecule has 0 atom stereocenters. The largest absolute Gasteiger partial charge is 0.282 e. The van der Waals surface area contributed by atoms with Gasteiger partial charge in [0.15, 0.2) is 0 Å². The van der Waals surface area contributed by atoms with Crippen LogP contribution in [0, 0.1) is 0 Å². The molecular weight excluding hydrogens is 144 g/mol. The molecule has 0 saturated heterocycles. The number of hydrogen-bond donors (Lipinski definition) is 0. The second kappa shape index (κ2) is 4.12. The highest BCUT2D eigenvalue weighted by Crippen LogP contribution is 2.04. The number of rotatable bonds is 0. The van der Waals surface area contributed by atoms with Gasteiger partial charge in [0.1, 0.15) is 0 Å². The van der Waals surface area contributed by atoms with E-state index in [0.29, 0.717) is 0 Å². The Balaban J connectivity index is 2.62. The van der Waals surface area contributed by atoms with E-state index in [1.165, 1.54) is 11.8 Å². The lowest BCUT2D eigenvalue weighted by atomic mass is 10.4. The lowest BCUT2D eigenvalue weighted by molar-refractivity contribution is -0.107. The highest BCUT2D eigenvalue weighted by molar-refractivity contribution is 8.14. The van der Waals surface area contributed by atoms with Gasteiger partial charge in [0.05, 0.1) is 0 Å². The van der Waals surface area contributed by atoms with Crippen molar-refractivity contribution in [3.05, 3.63) is 36.5 Å². The monoisotopic (exact) mass is 152 g/mol. The zero-order valence-corrected chi connectivity index (χ0v) is 6.30. The summed E-state index contributed by atoms with van der Waals surface area (Å²) in [6, 6.07) is 0. The summed E-state index contributed by atoms with van der Waals surface area (Å²) in [4.78, 5) is 10.8. The summed E-state index contributed by atoms with van der Waals surface area (Å²) >= 11 is 1.31. The van der Waals surface area contributed by atoms with Crippen LogP contribution < -0.4 is 0 Å². The van der Waals surface area contributed by atoms with Crippen molar-refractivity contribution < 1.29 is 4.79 Å². The van der Waals surface area contributed by atoms with Gasteiger partial charge in [-0.3, -0.25) is 4.79 Å². The zero-order valence-electron chi connectivity index (χ0n) is 5.49. The number of allylic oxidation sites excluding steroid dienone is 4. The van der Waals surface area contributed by atoms with Crippen molar-refractivity contribution in [2.45, 2.75) is 0 Å². The second-order valence-corrected chi connectivity index (χ2v) is 2.83. The lowest BCUT2D eigenvalue weighted by Crippen LogP contribution is -1.83. The Morgan fingerprint density at radius 3 is 2.90 bits per heavy atom. The Labute approximate surface area is 64.5 Å². The average Bonchev–Trinajstić information content (AvgIpc) is 2.02. The van der Waals surface area contributed by atoms with Gasteiger partial charge in [-0.2, -0.15) is 0 Å². The first-order chi connectivity index (χ1) is 4.89. The fourth-order valence-corrected chi connectivity index (χ4v) is 1.12. The van der Waals surface area contributed by atoms with E-state index in [9.17, 15) is 4.79 Å². The maximum Gasteiger partial charge on any atom is 0.212 e. The van der Waals surface area contributed by atoms with Gasteiger partial charge in [-0.1, -0.05) is 42.1 Å². The van der Waals surface area contributed by atoms with Crippen LogP contribution in [0.15, 0.2) is 36.5 Å². The quantitative estimate of drug-likeness (QED) is 0.527. The van der Waals surface area contributed by atoms with Crippen molar-refractivity contribution in [3.63, 3.8) is 0 Å². The normalized spacial score (nSPS) is 18.2. The van der Waals surface area contributed by atoms with Crippen molar-refractivity contribution >= 4 is 16.9 Å². The van der Waals surface area contributed by atoms with Gasteiger partial charge in [0.25, 0.3) is 0 Å². The molecule has 2 heteroatoms. The van der Waals surface area contributed by atoms with Crippen LogP contribution in [-0.4, -0.2) is 10.9 Å². The van der Waals surface area contributed by atoms with Gasteiger partial charge < -0.3 is 0 Å². The first-order valence-corrected chi connectivity index (χ1v) is 4.05. The number of hydrogen-bond acceptors (Lipinski definition) is 2. The van der Waals surface area contributed by atoms with Gasteiger partial charge in [-0.25, -0.2) is 0 Å². The van der Waals surface area contributed by atoms with Crippen LogP contribution in [0.1, 0.15) is 0 Å². The Hall–Kier alpha value is -0.760. The van der Waals surface area contributed by atoms with Crippen molar-refractivity contribution in [1.29, 1.82) is 0 Å². The first kappa shape index (κ1) is 7.35. The minimum Gasteiger partial charge on any atom is -0.282 e. The Morgan fingerprint density at radius 2 is 2.00 bits per heavy atom. The summed E-state index contributed by atoms with van der Waals surface area (Å²) in [6.07, 6.45) is 11.0. The first-order valence-electron chi connectivity index (χ1n) is 3.06. The third-order valence-corrected chi connectivity index (χ3v) is 1.80. The summed E-state index contributed by atoms with van der Waals surface area (Å²) in [7, 11) is 0. The molecule has 0 N–H and O–H groups in total. The molecule has 52 valence electrons. The Bertz CT molecular complexity index is 201. The molecule has 1 nitrogen and oxygen atoms in total. The summed E-state index contributed by atoms with van der Waals surface area (Å²) in [5, 5.41) is 0.121. The van der Waals surface area contributed by atoms with Gasteiger partial charge in [-0.15, -0.1) is 0 Å². The minimum absolute atomic E-state index is 0.121. The molecule has 0 aromatic rings. The van der Waals surface area contributed by atoms with Crippen molar-refractivity contribution in [1.82, 2.24) is 0 Å². The van der Waals surface area contributed by atoms with Gasteiger partial charge >= 0.3 is 0 Å². The van der Waals surface area contributed by atoms with E-state index >= 15 is 0 Å². The van der Waals surface area contributed by atoms with E-state index in [-0.39, 0.29) is 5.12 Å². The highest BCUT2D eigenvalue weighted by atomic mass is 32.2. The summed E-state index contributed by atoms with van der Waals surface area (Å²) in [5.41, 5.74) is 0. The molecule has 0 fully saturated rings. The molecule has 0 radical (unpaired) electrons. The number of thioether (sulfide) groups is 1. The van der Waals surface area contributed by atoms with Gasteiger partial charge in [0, 0.05) is 5.75 Å². The zero-order chi connectivity index (χ0) is 7.23. The molecule has 0 aromatic heterocycles. The van der Waals surface area contributed by atoms with Crippen LogP contribution in [0.5, 0.6) is 0 Å². The van der Waals surface area contributed by atoms with E-state index in [2.05, 4.69) is 0 Å². The maximum absolute atomic E-state index is 10.8. The van der Waals surface area contributed by atoms with E-state index in [4.69, 9.17) is 0 Å².